The molecule has 98 valence electrons. The van der Waals surface area contributed by atoms with Crippen LogP contribution in [0.4, 0.5) is 4.79 Å². The minimum absolute atomic E-state index is 0.0137. The van der Waals surface area contributed by atoms with Crippen LogP contribution >= 0.6 is 0 Å². The van der Waals surface area contributed by atoms with Crippen molar-refractivity contribution in [2.24, 2.45) is 5.92 Å². The van der Waals surface area contributed by atoms with E-state index in [9.17, 15) is 4.79 Å². The van der Waals surface area contributed by atoms with Crippen LogP contribution < -0.4 is 0 Å². The number of hydrogen-bond donors (Lipinski definition) is 1. The quantitative estimate of drug-likeness (QED) is 0.730. The number of morpholine rings is 1. The highest BCUT2D eigenvalue weighted by Crippen LogP contribution is 2.18. The van der Waals surface area contributed by atoms with Gasteiger partial charge in [-0.2, -0.15) is 0 Å². The Bertz CT molecular complexity index is 272. The molecule has 1 N–H and O–H groups in total. The SMILES string of the molecule is CC1CCCN(C(=O)N2CCOC(CO)C2)C1. The maximum absolute atomic E-state index is 12.3. The Morgan fingerprint density at radius 1 is 1.35 bits per heavy atom. The molecule has 0 bridgehead atoms. The Morgan fingerprint density at radius 2 is 2.12 bits per heavy atom. The van der Waals surface area contributed by atoms with Gasteiger partial charge in [0.2, 0.25) is 0 Å². The van der Waals surface area contributed by atoms with Crippen molar-refractivity contribution in [3.05, 3.63) is 0 Å². The summed E-state index contributed by atoms with van der Waals surface area (Å²) < 4.78 is 5.35. The number of carbonyl (C=O) groups excluding carboxylic acids is 1. The van der Waals surface area contributed by atoms with Gasteiger partial charge in [-0.3, -0.25) is 0 Å². The Labute approximate surface area is 102 Å². The lowest BCUT2D eigenvalue weighted by atomic mass is 10.0. The lowest BCUT2D eigenvalue weighted by Crippen LogP contribution is -2.53. The average molecular weight is 242 g/mol. The first-order chi connectivity index (χ1) is 8.20. The van der Waals surface area contributed by atoms with Gasteiger partial charge < -0.3 is 19.6 Å². The van der Waals surface area contributed by atoms with Crippen LogP contribution in [0.1, 0.15) is 19.8 Å². The van der Waals surface area contributed by atoms with Gasteiger partial charge in [0.25, 0.3) is 0 Å². The number of nitrogens with zero attached hydrogens (tertiary/aromatic N) is 2. The first kappa shape index (κ1) is 12.6. The van der Waals surface area contributed by atoms with Crippen molar-refractivity contribution in [3.8, 4) is 0 Å². The molecule has 2 saturated heterocycles. The Hall–Kier alpha value is -0.810. The monoisotopic (exact) mass is 242 g/mol. The molecule has 0 saturated carbocycles. The number of aliphatic hydroxyl groups is 1. The van der Waals surface area contributed by atoms with E-state index in [1.807, 2.05) is 9.80 Å². The normalized spacial score (nSPS) is 30.5. The number of ether oxygens (including phenoxy) is 1. The molecule has 0 radical (unpaired) electrons. The number of amides is 2. The molecule has 5 nitrogen and oxygen atoms in total. The van der Waals surface area contributed by atoms with Crippen molar-refractivity contribution >= 4 is 6.03 Å². The number of hydrogen-bond acceptors (Lipinski definition) is 3. The zero-order chi connectivity index (χ0) is 12.3. The minimum atomic E-state index is -0.213. The van der Waals surface area contributed by atoms with E-state index in [-0.39, 0.29) is 18.7 Å². The molecule has 2 amide bonds. The van der Waals surface area contributed by atoms with Gasteiger partial charge in [-0.1, -0.05) is 6.92 Å². The second-order valence-corrected chi connectivity index (χ2v) is 5.10. The smallest absolute Gasteiger partial charge is 0.320 e. The van der Waals surface area contributed by atoms with Crippen LogP contribution in [0.3, 0.4) is 0 Å². The number of likely N-dealkylation sites (tertiary alicyclic amines) is 1. The van der Waals surface area contributed by atoms with Gasteiger partial charge in [0.1, 0.15) is 0 Å². The Morgan fingerprint density at radius 3 is 2.82 bits per heavy atom. The third-order valence-corrected chi connectivity index (χ3v) is 3.54. The van der Waals surface area contributed by atoms with E-state index in [1.54, 1.807) is 0 Å². The summed E-state index contributed by atoms with van der Waals surface area (Å²) in [6.07, 6.45) is 2.10. The molecule has 0 aromatic rings. The van der Waals surface area contributed by atoms with Gasteiger partial charge in [-0.25, -0.2) is 4.79 Å². The summed E-state index contributed by atoms with van der Waals surface area (Å²) >= 11 is 0. The predicted molar refractivity (Wildman–Crippen MR) is 63.8 cm³/mol. The molecule has 0 aromatic carbocycles. The summed E-state index contributed by atoms with van der Waals surface area (Å²) in [5, 5.41) is 9.07. The van der Waals surface area contributed by atoms with Crippen LogP contribution in [0.2, 0.25) is 0 Å². The van der Waals surface area contributed by atoms with Gasteiger partial charge >= 0.3 is 6.03 Å². The highest BCUT2D eigenvalue weighted by molar-refractivity contribution is 5.74. The van der Waals surface area contributed by atoms with Crippen LogP contribution in [-0.4, -0.2) is 66.4 Å². The molecule has 0 aliphatic carbocycles. The van der Waals surface area contributed by atoms with Gasteiger partial charge in [0.15, 0.2) is 0 Å². The molecule has 5 heteroatoms. The fraction of sp³-hybridized carbons (Fsp3) is 0.917. The molecule has 2 atom stereocenters. The summed E-state index contributed by atoms with van der Waals surface area (Å²) in [7, 11) is 0. The van der Waals surface area contributed by atoms with Crippen molar-refractivity contribution in [1.29, 1.82) is 0 Å². The van der Waals surface area contributed by atoms with Crippen LogP contribution in [0.15, 0.2) is 0 Å². The van der Waals surface area contributed by atoms with Crippen molar-refractivity contribution in [2.75, 3.05) is 39.4 Å². The molecule has 17 heavy (non-hydrogen) atoms. The highest BCUT2D eigenvalue weighted by atomic mass is 16.5. The molecule has 2 rings (SSSR count). The lowest BCUT2D eigenvalue weighted by molar-refractivity contribution is -0.0448. The number of carbonyl (C=O) groups is 1. The van der Waals surface area contributed by atoms with E-state index < -0.39 is 0 Å². The molecule has 2 heterocycles. The summed E-state index contributed by atoms with van der Waals surface area (Å²) in [6.45, 7) is 5.58. The minimum Gasteiger partial charge on any atom is -0.394 e. The fourth-order valence-electron chi connectivity index (χ4n) is 2.57. The Balaban J connectivity index is 1.89. The average Bonchev–Trinajstić information content (AvgIpc) is 2.38. The zero-order valence-corrected chi connectivity index (χ0v) is 10.5. The second kappa shape index (κ2) is 5.69. The maximum atomic E-state index is 12.3. The molecule has 0 aromatic heterocycles. The van der Waals surface area contributed by atoms with Gasteiger partial charge in [-0.05, 0) is 18.8 Å². The van der Waals surface area contributed by atoms with Crippen molar-refractivity contribution in [3.63, 3.8) is 0 Å². The number of aliphatic hydroxyl groups excluding tert-OH is 1. The van der Waals surface area contributed by atoms with Crippen LogP contribution in [0.25, 0.3) is 0 Å². The van der Waals surface area contributed by atoms with Crippen LogP contribution in [-0.2, 0) is 4.74 Å². The highest BCUT2D eigenvalue weighted by Gasteiger charge is 2.29. The van der Waals surface area contributed by atoms with Crippen LogP contribution in [0.5, 0.6) is 0 Å². The second-order valence-electron chi connectivity index (χ2n) is 5.10. The van der Waals surface area contributed by atoms with E-state index in [4.69, 9.17) is 9.84 Å². The molecule has 2 aliphatic rings. The first-order valence-corrected chi connectivity index (χ1v) is 6.47. The number of rotatable bonds is 1. The van der Waals surface area contributed by atoms with Crippen molar-refractivity contribution < 1.29 is 14.6 Å². The molecule has 2 aliphatic heterocycles. The standard InChI is InChI=1S/C12H22N2O3/c1-10-3-2-4-13(7-10)12(16)14-5-6-17-11(8-14)9-15/h10-11,15H,2-9H2,1H3. The van der Waals surface area contributed by atoms with Crippen LogP contribution in [0, 0.1) is 5.92 Å². The summed E-state index contributed by atoms with van der Waals surface area (Å²) in [5.41, 5.74) is 0. The third-order valence-electron chi connectivity index (χ3n) is 3.54. The fourth-order valence-corrected chi connectivity index (χ4v) is 2.57. The molecule has 2 unspecified atom stereocenters. The zero-order valence-electron chi connectivity index (χ0n) is 10.5. The molecular weight excluding hydrogens is 220 g/mol. The van der Waals surface area contributed by atoms with Gasteiger partial charge in [0.05, 0.1) is 25.9 Å². The van der Waals surface area contributed by atoms with E-state index in [0.29, 0.717) is 25.6 Å². The largest absolute Gasteiger partial charge is 0.394 e. The van der Waals surface area contributed by atoms with E-state index in [0.717, 1.165) is 19.5 Å². The lowest BCUT2D eigenvalue weighted by Gasteiger charge is -2.38. The van der Waals surface area contributed by atoms with E-state index in [2.05, 4.69) is 6.92 Å². The molecular formula is C12H22N2O3. The summed E-state index contributed by atoms with van der Waals surface area (Å²) in [5.74, 6) is 0.599. The molecule has 0 spiro atoms. The predicted octanol–water partition coefficient (Wildman–Crippen LogP) is 0.531. The first-order valence-electron chi connectivity index (χ1n) is 6.47. The maximum Gasteiger partial charge on any atom is 0.320 e. The van der Waals surface area contributed by atoms with Gasteiger partial charge in [0, 0.05) is 19.6 Å². The van der Waals surface area contributed by atoms with Crippen molar-refractivity contribution in [1.82, 2.24) is 9.80 Å². The van der Waals surface area contributed by atoms with E-state index >= 15 is 0 Å². The van der Waals surface area contributed by atoms with Gasteiger partial charge in [-0.15, -0.1) is 0 Å². The third kappa shape index (κ3) is 3.10. The summed E-state index contributed by atoms with van der Waals surface area (Å²) in [6, 6.07) is 0.110. The number of urea groups is 1. The van der Waals surface area contributed by atoms with Crippen molar-refractivity contribution in [2.45, 2.75) is 25.9 Å². The van der Waals surface area contributed by atoms with E-state index in [1.165, 1.54) is 6.42 Å². The Kier molecular flexibility index (Phi) is 4.23. The number of piperidine rings is 1. The summed E-state index contributed by atoms with van der Waals surface area (Å²) in [4.78, 5) is 16.0. The molecule has 2 fully saturated rings. The topological polar surface area (TPSA) is 53.0 Å².